The molecule has 4 nitrogen and oxygen atoms in total. The maximum atomic E-state index is 2.50. The van der Waals surface area contributed by atoms with Crippen molar-refractivity contribution in [1.29, 1.82) is 0 Å². The summed E-state index contributed by atoms with van der Waals surface area (Å²) in [5.41, 5.74) is 16.5. The zero-order valence-electron chi connectivity index (χ0n) is 34.7. The van der Waals surface area contributed by atoms with E-state index in [9.17, 15) is 0 Å². The first-order valence-electron chi connectivity index (χ1n) is 22.0. The molecule has 0 amide bonds. The number of aromatic nitrogens is 4. The van der Waals surface area contributed by atoms with Gasteiger partial charge in [-0.05, 0) is 83.9 Å². The average molecular weight is 815 g/mol. The molecule has 10 aromatic carbocycles. The highest BCUT2D eigenvalue weighted by Gasteiger charge is 2.26. The van der Waals surface area contributed by atoms with Crippen molar-refractivity contribution in [3.05, 3.63) is 231 Å². The van der Waals surface area contributed by atoms with Crippen molar-refractivity contribution in [2.75, 3.05) is 0 Å². The molecule has 64 heavy (non-hydrogen) atoms. The highest BCUT2D eigenvalue weighted by molar-refractivity contribution is 6.30. The molecular weight excluding hydrogens is 777 g/mol. The molecule has 0 saturated carbocycles. The first-order valence-corrected chi connectivity index (χ1v) is 22.0. The Labute approximate surface area is 368 Å². The molecule has 0 radical (unpaired) electrons. The zero-order chi connectivity index (χ0) is 41.9. The summed E-state index contributed by atoms with van der Waals surface area (Å²) in [6.45, 7) is 0. The summed E-state index contributed by atoms with van der Waals surface area (Å²) in [5.74, 6) is 0. The van der Waals surface area contributed by atoms with Crippen molar-refractivity contribution in [2.45, 2.75) is 0 Å². The molecule has 0 aliphatic rings. The third-order valence-electron chi connectivity index (χ3n) is 13.5. The van der Waals surface area contributed by atoms with Gasteiger partial charge in [-0.15, -0.1) is 0 Å². The summed E-state index contributed by atoms with van der Waals surface area (Å²) in [6, 6.07) is 84.4. The monoisotopic (exact) mass is 814 g/mol. The quantitative estimate of drug-likeness (QED) is 0.165. The molecule has 14 aromatic rings. The van der Waals surface area contributed by atoms with E-state index in [1.165, 1.54) is 98.4 Å². The van der Waals surface area contributed by atoms with Crippen LogP contribution >= 0.6 is 0 Å². The highest BCUT2D eigenvalue weighted by Crippen LogP contribution is 2.48. The van der Waals surface area contributed by atoms with Crippen molar-refractivity contribution in [3.8, 4) is 33.9 Å². The molecule has 298 valence electrons. The van der Waals surface area contributed by atoms with Crippen LogP contribution in [0.4, 0.5) is 0 Å². The normalized spacial score (nSPS) is 12.1. The smallest absolute Gasteiger partial charge is 0.0789 e. The van der Waals surface area contributed by atoms with Crippen molar-refractivity contribution in [2.24, 2.45) is 0 Å². The van der Waals surface area contributed by atoms with Gasteiger partial charge in [0.25, 0.3) is 0 Å². The van der Waals surface area contributed by atoms with E-state index in [1.807, 2.05) is 0 Å². The largest absolute Gasteiger partial charge is 0.307 e. The fraction of sp³-hybridized carbons (Fsp3) is 0. The average Bonchev–Trinajstić information content (AvgIpc) is 4.10. The molecule has 14 rings (SSSR count). The van der Waals surface area contributed by atoms with Gasteiger partial charge in [-0.2, -0.15) is 0 Å². The third-order valence-corrected chi connectivity index (χ3v) is 13.5. The molecule has 0 bridgehead atoms. The Hall–Kier alpha value is -8.60. The SMILES string of the molecule is c1ccc(-n2c3ccccc3c3ccc4c5c(-c6cccc7c6c6ccc8c9ccccc9n(-c9ccccc9)c8c6n7-c6ccccc6)cccc5n(-c5ccccc5)c4c32)cc1. The van der Waals surface area contributed by atoms with Crippen LogP contribution in [-0.4, -0.2) is 18.3 Å². The molecule has 0 atom stereocenters. The molecule has 0 aliphatic heterocycles. The molecule has 4 aromatic heterocycles. The van der Waals surface area contributed by atoms with Gasteiger partial charge in [-0.1, -0.05) is 158 Å². The number of fused-ring (bicyclic) bond motifs is 14. The number of benzene rings is 10. The Morgan fingerprint density at radius 2 is 0.469 bits per heavy atom. The lowest BCUT2D eigenvalue weighted by atomic mass is 9.95. The van der Waals surface area contributed by atoms with Gasteiger partial charge in [0, 0.05) is 65.8 Å². The van der Waals surface area contributed by atoms with E-state index in [0.717, 1.165) is 22.7 Å². The van der Waals surface area contributed by atoms with Crippen molar-refractivity contribution < 1.29 is 0 Å². The van der Waals surface area contributed by atoms with Gasteiger partial charge >= 0.3 is 0 Å². The number of hydrogen-bond donors (Lipinski definition) is 0. The standard InChI is InChI=1S/C60H38N4/c1-5-19-39(20-6-1)61-51-31-15-13-27-43(51)47-35-37-49-55-45(29-17-33-53(55)63(59(49)57(47)61)41-23-9-3-10-24-41)46-30-18-34-54-56(46)50-38-36-48-44-28-14-16-32-52(44)62(40-21-7-2-8-22-40)58(48)60(50)64(54)42-25-11-4-12-26-42/h1-38H. The van der Waals surface area contributed by atoms with Gasteiger partial charge < -0.3 is 18.3 Å². The predicted molar refractivity (Wildman–Crippen MR) is 269 cm³/mol. The number of hydrogen-bond acceptors (Lipinski definition) is 0. The molecular formula is C60H38N4. The second kappa shape index (κ2) is 13.4. The second-order valence-electron chi connectivity index (χ2n) is 16.8. The number of rotatable bonds is 5. The van der Waals surface area contributed by atoms with E-state index < -0.39 is 0 Å². The summed E-state index contributed by atoms with van der Waals surface area (Å²) in [7, 11) is 0. The van der Waals surface area contributed by atoms with Crippen LogP contribution in [0.15, 0.2) is 231 Å². The molecule has 4 heterocycles. The molecule has 0 spiro atoms. The van der Waals surface area contributed by atoms with Gasteiger partial charge in [0.1, 0.15) is 0 Å². The second-order valence-corrected chi connectivity index (χ2v) is 16.8. The van der Waals surface area contributed by atoms with Crippen LogP contribution in [0.2, 0.25) is 0 Å². The van der Waals surface area contributed by atoms with Crippen LogP contribution in [0.1, 0.15) is 0 Å². The van der Waals surface area contributed by atoms with E-state index in [1.54, 1.807) is 0 Å². The summed E-state index contributed by atoms with van der Waals surface area (Å²) in [4.78, 5) is 0. The van der Waals surface area contributed by atoms with E-state index in [-0.39, 0.29) is 0 Å². The first kappa shape index (κ1) is 35.0. The van der Waals surface area contributed by atoms with Crippen molar-refractivity contribution in [3.63, 3.8) is 0 Å². The zero-order valence-corrected chi connectivity index (χ0v) is 34.7. The molecule has 0 aliphatic carbocycles. The van der Waals surface area contributed by atoms with Crippen LogP contribution in [0, 0.1) is 0 Å². The Bertz CT molecular complexity index is 3880. The van der Waals surface area contributed by atoms with Gasteiger partial charge in [0.05, 0.1) is 44.1 Å². The van der Waals surface area contributed by atoms with E-state index in [2.05, 4.69) is 249 Å². The fourth-order valence-corrected chi connectivity index (χ4v) is 11.0. The fourth-order valence-electron chi connectivity index (χ4n) is 11.0. The summed E-state index contributed by atoms with van der Waals surface area (Å²) < 4.78 is 9.95. The third kappa shape index (κ3) is 4.77. The lowest BCUT2D eigenvalue weighted by Gasteiger charge is -2.12. The Morgan fingerprint density at radius 3 is 0.844 bits per heavy atom. The molecule has 0 unspecified atom stereocenters. The summed E-state index contributed by atoms with van der Waals surface area (Å²) in [5, 5.41) is 9.87. The van der Waals surface area contributed by atoms with Gasteiger partial charge in [0.15, 0.2) is 0 Å². The van der Waals surface area contributed by atoms with E-state index >= 15 is 0 Å². The van der Waals surface area contributed by atoms with Gasteiger partial charge in [-0.3, -0.25) is 0 Å². The van der Waals surface area contributed by atoms with Crippen LogP contribution < -0.4 is 0 Å². The Balaban J connectivity index is 1.17. The minimum Gasteiger partial charge on any atom is -0.307 e. The van der Waals surface area contributed by atoms with Gasteiger partial charge in [-0.25, -0.2) is 0 Å². The van der Waals surface area contributed by atoms with Crippen LogP contribution in [0.3, 0.4) is 0 Å². The molecule has 0 saturated heterocycles. The Morgan fingerprint density at radius 1 is 0.188 bits per heavy atom. The highest BCUT2D eigenvalue weighted by atomic mass is 15.1. The Kier molecular flexibility index (Phi) is 7.36. The van der Waals surface area contributed by atoms with E-state index in [4.69, 9.17) is 0 Å². The lowest BCUT2D eigenvalue weighted by molar-refractivity contribution is 1.15. The minimum absolute atomic E-state index is 1.13. The maximum absolute atomic E-state index is 2.50. The van der Waals surface area contributed by atoms with E-state index in [0.29, 0.717) is 0 Å². The molecule has 0 N–H and O–H groups in total. The molecule has 0 fully saturated rings. The van der Waals surface area contributed by atoms with Crippen molar-refractivity contribution in [1.82, 2.24) is 18.3 Å². The van der Waals surface area contributed by atoms with Crippen LogP contribution in [-0.2, 0) is 0 Å². The first-order chi connectivity index (χ1) is 31.8. The van der Waals surface area contributed by atoms with Crippen molar-refractivity contribution >= 4 is 87.2 Å². The molecule has 4 heteroatoms. The summed E-state index contributed by atoms with van der Waals surface area (Å²) >= 11 is 0. The minimum atomic E-state index is 1.13. The van der Waals surface area contributed by atoms with Crippen LogP contribution in [0.5, 0.6) is 0 Å². The maximum Gasteiger partial charge on any atom is 0.0789 e. The predicted octanol–water partition coefficient (Wildman–Crippen LogP) is 15.7. The summed E-state index contributed by atoms with van der Waals surface area (Å²) in [6.07, 6.45) is 0. The topological polar surface area (TPSA) is 19.7 Å². The lowest BCUT2D eigenvalue weighted by Crippen LogP contribution is -1.98. The number of nitrogens with zero attached hydrogens (tertiary/aromatic N) is 4. The number of para-hydroxylation sites is 6. The van der Waals surface area contributed by atoms with Gasteiger partial charge in [0.2, 0.25) is 0 Å². The van der Waals surface area contributed by atoms with Crippen LogP contribution in [0.25, 0.3) is 121 Å².